The molecule has 0 saturated heterocycles. The molecule has 24 heavy (non-hydrogen) atoms. The Morgan fingerprint density at radius 1 is 1.33 bits per heavy atom. The summed E-state index contributed by atoms with van der Waals surface area (Å²) in [4.78, 5) is 14.6. The van der Waals surface area contributed by atoms with Crippen molar-refractivity contribution in [3.05, 3.63) is 42.2 Å². The van der Waals surface area contributed by atoms with E-state index in [1.54, 1.807) is 24.1 Å². The number of hydrogen-bond donors (Lipinski definition) is 1. The van der Waals surface area contributed by atoms with E-state index in [1.807, 2.05) is 24.3 Å². The van der Waals surface area contributed by atoms with Crippen molar-refractivity contribution in [3.8, 4) is 11.4 Å². The predicted octanol–water partition coefficient (Wildman–Crippen LogP) is 2.09. The number of nitrogens with one attached hydrogen (secondary N) is 1. The Bertz CT molecular complexity index is 677. The van der Waals surface area contributed by atoms with Crippen LogP contribution in [0.3, 0.4) is 0 Å². The van der Waals surface area contributed by atoms with Gasteiger partial charge in [0.2, 0.25) is 0 Å². The minimum Gasteiger partial charge on any atom is -0.497 e. The van der Waals surface area contributed by atoms with Gasteiger partial charge in [0.1, 0.15) is 5.75 Å². The molecule has 1 aliphatic carbocycles. The molecular weight excluding hydrogens is 304 g/mol. The zero-order valence-corrected chi connectivity index (χ0v) is 14.2. The van der Waals surface area contributed by atoms with Gasteiger partial charge < -0.3 is 10.1 Å². The van der Waals surface area contributed by atoms with Crippen molar-refractivity contribution in [2.24, 2.45) is 0 Å². The number of amides is 1. The van der Waals surface area contributed by atoms with E-state index >= 15 is 0 Å². The van der Waals surface area contributed by atoms with E-state index in [-0.39, 0.29) is 5.91 Å². The average Bonchev–Trinajstić information content (AvgIpc) is 3.34. The molecule has 1 amide bonds. The highest BCUT2D eigenvalue weighted by molar-refractivity contribution is 5.92. The van der Waals surface area contributed by atoms with Gasteiger partial charge in [0.05, 0.1) is 12.8 Å². The van der Waals surface area contributed by atoms with Gasteiger partial charge in [0.25, 0.3) is 5.91 Å². The van der Waals surface area contributed by atoms with E-state index in [9.17, 15) is 4.79 Å². The summed E-state index contributed by atoms with van der Waals surface area (Å²) in [6, 6.07) is 10.0. The summed E-state index contributed by atoms with van der Waals surface area (Å²) < 4.78 is 6.84. The Kier molecular flexibility index (Phi) is 5.15. The maximum atomic E-state index is 12.2. The first-order valence-electron chi connectivity index (χ1n) is 8.43. The molecule has 3 rings (SSSR count). The molecule has 1 aromatic carbocycles. The Hall–Kier alpha value is -2.34. The second-order valence-electron chi connectivity index (χ2n) is 5.96. The molecule has 6 nitrogen and oxygen atoms in total. The van der Waals surface area contributed by atoms with E-state index < -0.39 is 0 Å². The maximum absolute atomic E-state index is 12.2. The molecule has 1 aliphatic rings. The van der Waals surface area contributed by atoms with E-state index in [0.29, 0.717) is 12.2 Å². The average molecular weight is 328 g/mol. The highest BCUT2D eigenvalue weighted by Gasteiger charge is 2.27. The van der Waals surface area contributed by atoms with Gasteiger partial charge in [-0.2, -0.15) is 5.10 Å². The van der Waals surface area contributed by atoms with E-state index in [0.717, 1.165) is 30.6 Å². The lowest BCUT2D eigenvalue weighted by atomic mass is 10.3. The number of carbonyl (C=O) groups excluding carboxylic acids is 1. The minimum atomic E-state index is -0.130. The molecule has 0 spiro atoms. The molecule has 128 valence electrons. The van der Waals surface area contributed by atoms with Crippen LogP contribution in [0.25, 0.3) is 5.69 Å². The molecule has 6 heteroatoms. The number of nitrogens with zero attached hydrogens (tertiary/aromatic N) is 3. The Labute approximate surface area is 142 Å². The van der Waals surface area contributed by atoms with Gasteiger partial charge in [-0.3, -0.25) is 9.69 Å². The molecule has 1 fully saturated rings. The summed E-state index contributed by atoms with van der Waals surface area (Å²) in [6.07, 6.45) is 4.36. The Morgan fingerprint density at radius 2 is 2.08 bits per heavy atom. The monoisotopic (exact) mass is 328 g/mol. The van der Waals surface area contributed by atoms with Crippen LogP contribution >= 0.6 is 0 Å². The van der Waals surface area contributed by atoms with Gasteiger partial charge in [0.15, 0.2) is 5.69 Å². The van der Waals surface area contributed by atoms with Gasteiger partial charge in [-0.1, -0.05) is 6.92 Å². The van der Waals surface area contributed by atoms with Crippen LogP contribution in [0.4, 0.5) is 0 Å². The normalized spacial score (nSPS) is 14.0. The Balaban J connectivity index is 1.54. The van der Waals surface area contributed by atoms with Crippen molar-refractivity contribution in [1.82, 2.24) is 20.0 Å². The molecule has 0 unspecified atom stereocenters. The van der Waals surface area contributed by atoms with Gasteiger partial charge in [-0.25, -0.2) is 4.68 Å². The molecule has 1 N–H and O–H groups in total. The van der Waals surface area contributed by atoms with Crippen LogP contribution in [0, 0.1) is 0 Å². The number of ether oxygens (including phenoxy) is 1. The smallest absolute Gasteiger partial charge is 0.271 e. The van der Waals surface area contributed by atoms with Gasteiger partial charge >= 0.3 is 0 Å². The van der Waals surface area contributed by atoms with Crippen LogP contribution in [0.1, 0.15) is 30.3 Å². The number of rotatable bonds is 8. The van der Waals surface area contributed by atoms with Crippen molar-refractivity contribution in [2.45, 2.75) is 25.8 Å². The number of hydrogen-bond acceptors (Lipinski definition) is 4. The van der Waals surface area contributed by atoms with E-state index in [4.69, 9.17) is 4.74 Å². The van der Waals surface area contributed by atoms with Crippen LogP contribution in [-0.4, -0.2) is 53.4 Å². The quantitative estimate of drug-likeness (QED) is 0.806. The van der Waals surface area contributed by atoms with Gasteiger partial charge in [-0.15, -0.1) is 0 Å². The molecule has 1 aromatic heterocycles. The number of likely N-dealkylation sites (N-methyl/N-ethyl adjacent to an activating group) is 1. The van der Waals surface area contributed by atoms with Crippen LogP contribution in [0.5, 0.6) is 5.75 Å². The maximum Gasteiger partial charge on any atom is 0.271 e. The van der Waals surface area contributed by atoms with Crippen LogP contribution < -0.4 is 10.1 Å². The van der Waals surface area contributed by atoms with Gasteiger partial charge in [-0.05, 0) is 49.7 Å². The highest BCUT2D eigenvalue weighted by atomic mass is 16.5. The van der Waals surface area contributed by atoms with Crippen molar-refractivity contribution in [2.75, 3.05) is 26.7 Å². The SMILES string of the molecule is CCN(CCNC(=O)c1ccn(-c2ccc(OC)cc2)n1)C1CC1. The van der Waals surface area contributed by atoms with Crippen molar-refractivity contribution in [3.63, 3.8) is 0 Å². The number of methoxy groups -OCH3 is 1. The summed E-state index contributed by atoms with van der Waals surface area (Å²) in [7, 11) is 1.63. The first kappa shape index (κ1) is 16.5. The van der Waals surface area contributed by atoms with Crippen LogP contribution in [0.2, 0.25) is 0 Å². The third kappa shape index (κ3) is 3.94. The first-order valence-corrected chi connectivity index (χ1v) is 8.43. The molecule has 0 radical (unpaired) electrons. The first-order chi connectivity index (χ1) is 11.7. The fourth-order valence-electron chi connectivity index (χ4n) is 2.77. The summed E-state index contributed by atoms with van der Waals surface area (Å²) >= 11 is 0. The fourth-order valence-corrected chi connectivity index (χ4v) is 2.77. The third-order valence-corrected chi connectivity index (χ3v) is 4.31. The zero-order chi connectivity index (χ0) is 16.9. The molecular formula is C18H24N4O2. The van der Waals surface area contributed by atoms with Crippen LogP contribution in [-0.2, 0) is 0 Å². The number of aromatic nitrogens is 2. The van der Waals surface area contributed by atoms with Gasteiger partial charge in [0, 0.05) is 25.3 Å². The molecule has 1 saturated carbocycles. The summed E-state index contributed by atoms with van der Waals surface area (Å²) in [5, 5.41) is 7.30. The lowest BCUT2D eigenvalue weighted by Gasteiger charge is -2.19. The lowest BCUT2D eigenvalue weighted by molar-refractivity contribution is 0.0942. The standard InChI is InChI=1S/C18H24N4O2/c1-3-21(14-4-5-14)13-11-19-18(23)17-10-12-22(20-17)15-6-8-16(24-2)9-7-15/h6-10,12,14H,3-5,11,13H2,1-2H3,(H,19,23). The zero-order valence-electron chi connectivity index (χ0n) is 14.2. The molecule has 1 heterocycles. The van der Waals surface area contributed by atoms with Crippen molar-refractivity contribution >= 4 is 5.91 Å². The predicted molar refractivity (Wildman–Crippen MR) is 92.7 cm³/mol. The summed E-state index contributed by atoms with van der Waals surface area (Å²) in [5.41, 5.74) is 1.32. The molecule has 0 bridgehead atoms. The van der Waals surface area contributed by atoms with Crippen molar-refractivity contribution in [1.29, 1.82) is 0 Å². The lowest BCUT2D eigenvalue weighted by Crippen LogP contribution is -2.36. The Morgan fingerprint density at radius 3 is 2.71 bits per heavy atom. The van der Waals surface area contributed by atoms with Crippen LogP contribution in [0.15, 0.2) is 36.5 Å². The highest BCUT2D eigenvalue weighted by Crippen LogP contribution is 2.25. The topological polar surface area (TPSA) is 59.4 Å². The number of carbonyl (C=O) groups is 1. The van der Waals surface area contributed by atoms with Crippen molar-refractivity contribution < 1.29 is 9.53 Å². The second-order valence-corrected chi connectivity index (χ2v) is 5.96. The minimum absolute atomic E-state index is 0.130. The summed E-state index contributed by atoms with van der Waals surface area (Å²) in [6.45, 7) is 4.74. The van der Waals surface area contributed by atoms with E-state index in [2.05, 4.69) is 22.2 Å². The number of benzene rings is 1. The summed E-state index contributed by atoms with van der Waals surface area (Å²) in [5.74, 6) is 0.661. The fraction of sp³-hybridized carbons (Fsp3) is 0.444. The largest absolute Gasteiger partial charge is 0.497 e. The third-order valence-electron chi connectivity index (χ3n) is 4.31. The second kappa shape index (κ2) is 7.49. The molecule has 0 atom stereocenters. The molecule has 2 aromatic rings. The molecule has 0 aliphatic heterocycles. The van der Waals surface area contributed by atoms with E-state index in [1.165, 1.54) is 12.8 Å².